The van der Waals surface area contributed by atoms with Crippen LogP contribution in [-0.4, -0.2) is 28.4 Å². The second kappa shape index (κ2) is 8.57. The predicted octanol–water partition coefficient (Wildman–Crippen LogP) is 5.38. The first kappa shape index (κ1) is 20.0. The predicted molar refractivity (Wildman–Crippen MR) is 115 cm³/mol. The normalized spacial score (nSPS) is 17.5. The maximum Gasteiger partial charge on any atom is 0.203 e. The summed E-state index contributed by atoms with van der Waals surface area (Å²) in [6, 6.07) is 20.3. The summed E-state index contributed by atoms with van der Waals surface area (Å²) in [4.78, 5) is 0. The summed E-state index contributed by atoms with van der Waals surface area (Å²) in [6.07, 6.45) is 0.684. The molecule has 0 amide bonds. The van der Waals surface area contributed by atoms with Gasteiger partial charge in [0.2, 0.25) is 5.75 Å². The van der Waals surface area contributed by atoms with Gasteiger partial charge in [0.1, 0.15) is 17.6 Å². The maximum absolute atomic E-state index is 6.46. The molecule has 0 unspecified atom stereocenters. The molecule has 156 valence electrons. The van der Waals surface area contributed by atoms with Crippen molar-refractivity contribution < 1.29 is 23.7 Å². The van der Waals surface area contributed by atoms with Crippen LogP contribution in [0.2, 0.25) is 0 Å². The SMILES string of the molecule is COc1ccc([C@@H]2C[C@@H](c3ccccc3)Oc3cc(OC)c(OC)c(OC)c32)cc1. The van der Waals surface area contributed by atoms with Crippen LogP contribution in [0.4, 0.5) is 0 Å². The quantitative estimate of drug-likeness (QED) is 0.550. The molecule has 0 saturated heterocycles. The van der Waals surface area contributed by atoms with Crippen LogP contribution in [0.1, 0.15) is 35.1 Å². The number of methoxy groups -OCH3 is 4. The molecule has 5 heteroatoms. The van der Waals surface area contributed by atoms with Crippen LogP contribution in [0.25, 0.3) is 0 Å². The van der Waals surface area contributed by atoms with Crippen molar-refractivity contribution in [1.29, 1.82) is 0 Å². The van der Waals surface area contributed by atoms with E-state index in [1.165, 1.54) is 0 Å². The molecule has 0 bridgehead atoms. The van der Waals surface area contributed by atoms with Crippen molar-refractivity contribution in [1.82, 2.24) is 0 Å². The van der Waals surface area contributed by atoms with Crippen molar-refractivity contribution in [3.05, 3.63) is 77.4 Å². The molecule has 0 saturated carbocycles. The van der Waals surface area contributed by atoms with Crippen molar-refractivity contribution in [3.63, 3.8) is 0 Å². The van der Waals surface area contributed by atoms with Gasteiger partial charge in [0, 0.05) is 17.5 Å². The Morgan fingerprint density at radius 1 is 0.733 bits per heavy atom. The fourth-order valence-corrected chi connectivity index (χ4v) is 4.13. The van der Waals surface area contributed by atoms with E-state index >= 15 is 0 Å². The molecular weight excluding hydrogens is 380 g/mol. The van der Waals surface area contributed by atoms with E-state index in [1.807, 2.05) is 36.4 Å². The van der Waals surface area contributed by atoms with Crippen LogP contribution in [0.15, 0.2) is 60.7 Å². The van der Waals surface area contributed by atoms with Gasteiger partial charge in [-0.3, -0.25) is 0 Å². The Kier molecular flexibility index (Phi) is 5.70. The van der Waals surface area contributed by atoms with Crippen LogP contribution in [0.5, 0.6) is 28.7 Å². The zero-order chi connectivity index (χ0) is 21.1. The molecule has 0 spiro atoms. The molecule has 1 aliphatic heterocycles. The Labute approximate surface area is 177 Å². The molecule has 0 radical (unpaired) electrons. The minimum absolute atomic E-state index is 0.0552. The second-order valence-electron chi connectivity index (χ2n) is 7.14. The Balaban J connectivity index is 1.89. The lowest BCUT2D eigenvalue weighted by molar-refractivity contribution is 0.163. The van der Waals surface area contributed by atoms with E-state index in [2.05, 4.69) is 24.3 Å². The van der Waals surface area contributed by atoms with Crippen LogP contribution in [0.3, 0.4) is 0 Å². The number of rotatable bonds is 6. The average molecular weight is 406 g/mol. The standard InChI is InChI=1S/C25H26O5/c1-26-18-12-10-16(11-13-18)19-14-20(17-8-6-5-7-9-17)30-21-15-22(27-2)24(28-3)25(29-4)23(19)21/h5-13,15,19-20H,14H2,1-4H3/t19-,20-/m0/s1. The number of benzene rings is 3. The van der Waals surface area contributed by atoms with Gasteiger partial charge in [0.25, 0.3) is 0 Å². The Morgan fingerprint density at radius 2 is 1.43 bits per heavy atom. The zero-order valence-electron chi connectivity index (χ0n) is 17.7. The fraction of sp³-hybridized carbons (Fsp3) is 0.280. The van der Waals surface area contributed by atoms with Gasteiger partial charge in [-0.15, -0.1) is 0 Å². The summed E-state index contributed by atoms with van der Waals surface area (Å²) < 4.78 is 28.8. The second-order valence-corrected chi connectivity index (χ2v) is 7.14. The summed E-state index contributed by atoms with van der Waals surface area (Å²) >= 11 is 0. The molecule has 0 fully saturated rings. The van der Waals surface area contributed by atoms with E-state index in [0.29, 0.717) is 17.2 Å². The molecule has 4 rings (SSSR count). The summed E-state index contributed by atoms with van der Waals surface area (Å²) in [5.41, 5.74) is 3.26. The van der Waals surface area contributed by atoms with E-state index in [0.717, 1.165) is 34.6 Å². The van der Waals surface area contributed by atoms with E-state index in [-0.39, 0.29) is 12.0 Å². The third-order valence-electron chi connectivity index (χ3n) is 5.59. The van der Waals surface area contributed by atoms with Crippen molar-refractivity contribution in [3.8, 4) is 28.7 Å². The fourth-order valence-electron chi connectivity index (χ4n) is 4.13. The molecule has 5 nitrogen and oxygen atoms in total. The van der Waals surface area contributed by atoms with E-state index < -0.39 is 0 Å². The van der Waals surface area contributed by atoms with Crippen LogP contribution < -0.4 is 23.7 Å². The average Bonchev–Trinajstić information content (AvgIpc) is 2.82. The molecule has 3 aromatic carbocycles. The van der Waals surface area contributed by atoms with Crippen LogP contribution in [-0.2, 0) is 0 Å². The first-order valence-electron chi connectivity index (χ1n) is 9.88. The summed E-state index contributed by atoms with van der Waals surface area (Å²) in [6.45, 7) is 0. The minimum Gasteiger partial charge on any atom is -0.497 e. The molecule has 30 heavy (non-hydrogen) atoms. The molecular formula is C25H26O5. The van der Waals surface area contributed by atoms with Crippen molar-refractivity contribution in [2.75, 3.05) is 28.4 Å². The highest BCUT2D eigenvalue weighted by atomic mass is 16.5. The van der Waals surface area contributed by atoms with Crippen molar-refractivity contribution in [2.45, 2.75) is 18.4 Å². The van der Waals surface area contributed by atoms with Gasteiger partial charge >= 0.3 is 0 Å². The monoisotopic (exact) mass is 406 g/mol. The van der Waals surface area contributed by atoms with E-state index in [9.17, 15) is 0 Å². The largest absolute Gasteiger partial charge is 0.497 e. The lowest BCUT2D eigenvalue weighted by atomic mass is 9.81. The lowest BCUT2D eigenvalue weighted by Gasteiger charge is -2.34. The Bertz CT molecular complexity index is 998. The third kappa shape index (κ3) is 3.52. The van der Waals surface area contributed by atoms with Crippen molar-refractivity contribution >= 4 is 0 Å². The van der Waals surface area contributed by atoms with Gasteiger partial charge in [-0.2, -0.15) is 0 Å². The highest BCUT2D eigenvalue weighted by Gasteiger charge is 2.36. The molecule has 0 N–H and O–H groups in total. The van der Waals surface area contributed by atoms with Gasteiger partial charge in [0.05, 0.1) is 28.4 Å². The van der Waals surface area contributed by atoms with Gasteiger partial charge in [-0.25, -0.2) is 0 Å². The summed E-state index contributed by atoms with van der Waals surface area (Å²) in [5, 5.41) is 0. The molecule has 0 aromatic heterocycles. The van der Waals surface area contributed by atoms with E-state index in [4.69, 9.17) is 23.7 Å². The molecule has 0 aliphatic carbocycles. The number of hydrogen-bond donors (Lipinski definition) is 0. The zero-order valence-corrected chi connectivity index (χ0v) is 17.7. The van der Waals surface area contributed by atoms with E-state index in [1.54, 1.807) is 28.4 Å². The van der Waals surface area contributed by atoms with Crippen LogP contribution in [0, 0.1) is 0 Å². The molecule has 3 aromatic rings. The maximum atomic E-state index is 6.46. The van der Waals surface area contributed by atoms with Gasteiger partial charge in [-0.1, -0.05) is 42.5 Å². The van der Waals surface area contributed by atoms with Gasteiger partial charge in [0.15, 0.2) is 11.5 Å². The summed E-state index contributed by atoms with van der Waals surface area (Å²) in [7, 11) is 6.55. The smallest absolute Gasteiger partial charge is 0.203 e. The topological polar surface area (TPSA) is 46.2 Å². The van der Waals surface area contributed by atoms with Crippen LogP contribution >= 0.6 is 0 Å². The highest BCUT2D eigenvalue weighted by Crippen LogP contribution is 2.55. The minimum atomic E-state index is -0.0893. The first-order valence-corrected chi connectivity index (χ1v) is 9.88. The highest BCUT2D eigenvalue weighted by molar-refractivity contribution is 5.65. The molecule has 1 aliphatic rings. The Hall–Kier alpha value is -3.34. The number of ether oxygens (including phenoxy) is 5. The van der Waals surface area contributed by atoms with Gasteiger partial charge in [-0.05, 0) is 29.7 Å². The Morgan fingerprint density at radius 3 is 2.03 bits per heavy atom. The third-order valence-corrected chi connectivity index (χ3v) is 5.59. The molecule has 2 atom stereocenters. The summed E-state index contributed by atoms with van der Waals surface area (Å²) in [5.74, 6) is 3.41. The van der Waals surface area contributed by atoms with Gasteiger partial charge < -0.3 is 23.7 Å². The lowest BCUT2D eigenvalue weighted by Crippen LogP contribution is -2.21. The number of hydrogen-bond acceptors (Lipinski definition) is 5. The number of fused-ring (bicyclic) bond motifs is 1. The first-order chi connectivity index (χ1) is 14.7. The molecule has 1 heterocycles. The van der Waals surface area contributed by atoms with Crippen molar-refractivity contribution in [2.24, 2.45) is 0 Å².